The van der Waals surface area contributed by atoms with Crippen molar-refractivity contribution in [2.24, 2.45) is 0 Å². The first-order chi connectivity index (χ1) is 14.8. The summed E-state index contributed by atoms with van der Waals surface area (Å²) < 4.78 is 32.5. The van der Waals surface area contributed by atoms with Crippen molar-refractivity contribution >= 4 is 16.0 Å². The van der Waals surface area contributed by atoms with Gasteiger partial charge in [0.05, 0.1) is 12.9 Å². The highest BCUT2D eigenvalue weighted by atomic mass is 32.2. The van der Waals surface area contributed by atoms with E-state index >= 15 is 0 Å². The largest absolute Gasteiger partial charge is 0.383 e. The molecule has 0 bridgehead atoms. The first-order valence-corrected chi connectivity index (χ1v) is 12.5. The van der Waals surface area contributed by atoms with Gasteiger partial charge in [0.25, 0.3) is 5.91 Å². The Morgan fingerprint density at radius 2 is 1.58 bits per heavy atom. The van der Waals surface area contributed by atoms with E-state index in [2.05, 4.69) is 6.92 Å². The summed E-state index contributed by atoms with van der Waals surface area (Å²) in [6, 6.07) is 14.5. The molecule has 0 unspecified atom stereocenters. The molecular formula is C24H33NO5S. The molecule has 0 heterocycles. The predicted molar refractivity (Wildman–Crippen MR) is 123 cm³/mol. The topological polar surface area (TPSA) is 72.9 Å². The molecule has 2 aromatic carbocycles. The SMILES string of the molecule is CCCCCCc1ccc(C(=O)N(CCOC)Cc2ccc(OS(C)(=O)=O)cc2)cc1. The zero-order chi connectivity index (χ0) is 22.7. The lowest BCUT2D eigenvalue weighted by atomic mass is 10.0. The number of ether oxygens (including phenoxy) is 1. The van der Waals surface area contributed by atoms with Gasteiger partial charge in [0, 0.05) is 25.8 Å². The minimum atomic E-state index is -3.57. The minimum Gasteiger partial charge on any atom is -0.383 e. The summed E-state index contributed by atoms with van der Waals surface area (Å²) in [7, 11) is -1.96. The summed E-state index contributed by atoms with van der Waals surface area (Å²) in [5.74, 6) is 0.182. The van der Waals surface area contributed by atoms with Crippen LogP contribution in [0, 0.1) is 0 Å². The van der Waals surface area contributed by atoms with Gasteiger partial charge in [-0.1, -0.05) is 50.5 Å². The second-order valence-corrected chi connectivity index (χ2v) is 9.23. The number of hydrogen-bond donors (Lipinski definition) is 0. The molecule has 0 N–H and O–H groups in total. The Hall–Kier alpha value is -2.38. The Balaban J connectivity index is 2.04. The molecule has 1 amide bonds. The zero-order valence-electron chi connectivity index (χ0n) is 18.7. The number of benzene rings is 2. The Labute approximate surface area is 186 Å². The maximum Gasteiger partial charge on any atom is 0.306 e. The summed E-state index contributed by atoms with van der Waals surface area (Å²) in [5.41, 5.74) is 2.76. The molecule has 7 heteroatoms. The number of methoxy groups -OCH3 is 1. The Kier molecular flexibility index (Phi) is 10.0. The lowest BCUT2D eigenvalue weighted by Gasteiger charge is -2.23. The minimum absolute atomic E-state index is 0.0638. The summed E-state index contributed by atoms with van der Waals surface area (Å²) in [6.45, 7) is 3.47. The monoisotopic (exact) mass is 447 g/mol. The van der Waals surface area contributed by atoms with Crippen molar-refractivity contribution in [1.82, 2.24) is 4.90 Å². The molecule has 0 atom stereocenters. The van der Waals surface area contributed by atoms with Crippen molar-refractivity contribution in [2.45, 2.75) is 45.6 Å². The summed E-state index contributed by atoms with van der Waals surface area (Å²) >= 11 is 0. The van der Waals surface area contributed by atoms with E-state index in [1.54, 1.807) is 36.3 Å². The van der Waals surface area contributed by atoms with Crippen molar-refractivity contribution in [3.8, 4) is 5.75 Å². The molecule has 0 aliphatic carbocycles. The number of hydrogen-bond acceptors (Lipinski definition) is 5. The van der Waals surface area contributed by atoms with Gasteiger partial charge in [-0.25, -0.2) is 0 Å². The van der Waals surface area contributed by atoms with Crippen LogP contribution in [0.4, 0.5) is 0 Å². The van der Waals surface area contributed by atoms with Crippen LogP contribution in [-0.2, 0) is 27.8 Å². The van der Waals surface area contributed by atoms with E-state index < -0.39 is 10.1 Å². The van der Waals surface area contributed by atoms with Gasteiger partial charge in [0.15, 0.2) is 0 Å². The van der Waals surface area contributed by atoms with Gasteiger partial charge in [-0.2, -0.15) is 8.42 Å². The lowest BCUT2D eigenvalue weighted by molar-refractivity contribution is 0.0680. The maximum atomic E-state index is 13.1. The fourth-order valence-corrected chi connectivity index (χ4v) is 3.71. The molecule has 0 spiro atoms. The first kappa shape index (κ1) is 24.9. The zero-order valence-corrected chi connectivity index (χ0v) is 19.5. The van der Waals surface area contributed by atoms with Crippen LogP contribution in [0.1, 0.15) is 54.1 Å². The van der Waals surface area contributed by atoms with E-state index in [1.165, 1.54) is 31.2 Å². The molecule has 0 aromatic heterocycles. The molecule has 6 nitrogen and oxygen atoms in total. The van der Waals surface area contributed by atoms with Crippen LogP contribution >= 0.6 is 0 Å². The van der Waals surface area contributed by atoms with Gasteiger partial charge in [-0.3, -0.25) is 4.79 Å². The Bertz CT molecular complexity index is 908. The van der Waals surface area contributed by atoms with Crippen LogP contribution in [0.2, 0.25) is 0 Å². The van der Waals surface area contributed by atoms with Crippen molar-refractivity contribution < 1.29 is 22.1 Å². The normalized spacial score (nSPS) is 11.3. The average Bonchev–Trinajstić information content (AvgIpc) is 2.74. The van der Waals surface area contributed by atoms with E-state index in [9.17, 15) is 13.2 Å². The van der Waals surface area contributed by atoms with Crippen molar-refractivity contribution in [1.29, 1.82) is 0 Å². The van der Waals surface area contributed by atoms with Crippen molar-refractivity contribution in [3.05, 3.63) is 65.2 Å². The summed E-state index contributed by atoms with van der Waals surface area (Å²) in [5, 5.41) is 0. The van der Waals surface area contributed by atoms with E-state index in [1.807, 2.05) is 24.3 Å². The predicted octanol–water partition coefficient (Wildman–Crippen LogP) is 4.44. The van der Waals surface area contributed by atoms with Gasteiger partial charge >= 0.3 is 10.1 Å². The number of unbranched alkanes of at least 4 members (excludes halogenated alkanes) is 3. The van der Waals surface area contributed by atoms with Crippen molar-refractivity contribution in [2.75, 3.05) is 26.5 Å². The molecule has 2 rings (SSSR count). The van der Waals surface area contributed by atoms with Crippen LogP contribution in [0.3, 0.4) is 0 Å². The number of carbonyl (C=O) groups is 1. The van der Waals surface area contributed by atoms with Gasteiger partial charge in [0.1, 0.15) is 5.75 Å². The first-order valence-electron chi connectivity index (χ1n) is 10.7. The van der Waals surface area contributed by atoms with Gasteiger partial charge in [-0.05, 0) is 48.2 Å². The standard InChI is InChI=1S/C24H33NO5S/c1-4-5-6-7-8-20-9-13-22(14-10-20)24(26)25(17-18-29-2)19-21-11-15-23(16-12-21)30-31(3,27)28/h9-16H,4-8,17-19H2,1-3H3. The second-order valence-electron chi connectivity index (χ2n) is 7.66. The highest BCUT2D eigenvalue weighted by Crippen LogP contribution is 2.17. The van der Waals surface area contributed by atoms with Crippen LogP contribution in [0.5, 0.6) is 5.75 Å². The van der Waals surface area contributed by atoms with Crippen LogP contribution in [0.25, 0.3) is 0 Å². The quantitative estimate of drug-likeness (QED) is 0.335. The maximum absolute atomic E-state index is 13.1. The molecule has 170 valence electrons. The highest BCUT2D eigenvalue weighted by molar-refractivity contribution is 7.86. The van der Waals surface area contributed by atoms with E-state index in [-0.39, 0.29) is 11.7 Å². The molecule has 0 saturated carbocycles. The molecule has 0 saturated heterocycles. The number of carbonyl (C=O) groups excluding carboxylic acids is 1. The molecule has 2 aromatic rings. The number of rotatable bonds is 13. The number of aryl methyl sites for hydroxylation is 1. The van der Waals surface area contributed by atoms with Gasteiger partial charge in [-0.15, -0.1) is 0 Å². The molecule has 0 radical (unpaired) electrons. The molecule has 31 heavy (non-hydrogen) atoms. The number of nitrogens with zero attached hydrogens (tertiary/aromatic N) is 1. The molecular weight excluding hydrogens is 414 g/mol. The summed E-state index contributed by atoms with van der Waals surface area (Å²) in [6.07, 6.45) is 6.91. The Morgan fingerprint density at radius 1 is 0.935 bits per heavy atom. The third-order valence-corrected chi connectivity index (χ3v) is 5.41. The molecule has 0 aliphatic rings. The smallest absolute Gasteiger partial charge is 0.306 e. The number of amides is 1. The van der Waals surface area contributed by atoms with Crippen LogP contribution in [0.15, 0.2) is 48.5 Å². The van der Waals surface area contributed by atoms with E-state index in [0.717, 1.165) is 18.2 Å². The fraction of sp³-hybridized carbons (Fsp3) is 0.458. The van der Waals surface area contributed by atoms with Crippen LogP contribution in [-0.4, -0.2) is 45.7 Å². The van der Waals surface area contributed by atoms with Gasteiger partial charge < -0.3 is 13.8 Å². The van der Waals surface area contributed by atoms with E-state index in [4.69, 9.17) is 8.92 Å². The van der Waals surface area contributed by atoms with E-state index in [0.29, 0.717) is 25.3 Å². The molecule has 0 aliphatic heterocycles. The Morgan fingerprint density at radius 3 is 2.16 bits per heavy atom. The fourth-order valence-electron chi connectivity index (χ4n) is 3.25. The third-order valence-electron chi connectivity index (χ3n) is 4.92. The second kappa shape index (κ2) is 12.5. The summed E-state index contributed by atoms with van der Waals surface area (Å²) in [4.78, 5) is 14.8. The third kappa shape index (κ3) is 9.11. The van der Waals surface area contributed by atoms with Crippen molar-refractivity contribution in [3.63, 3.8) is 0 Å². The molecule has 0 fully saturated rings. The lowest BCUT2D eigenvalue weighted by Crippen LogP contribution is -2.33. The average molecular weight is 448 g/mol. The van der Waals surface area contributed by atoms with Gasteiger partial charge in [0.2, 0.25) is 0 Å². The highest BCUT2D eigenvalue weighted by Gasteiger charge is 2.16. The van der Waals surface area contributed by atoms with Crippen LogP contribution < -0.4 is 4.18 Å².